The Labute approximate surface area is 158 Å². The molecule has 0 unspecified atom stereocenters. The fourth-order valence-corrected chi connectivity index (χ4v) is 6.40. The minimum Gasteiger partial charge on any atom is -0.387 e. The Morgan fingerprint density at radius 2 is 2.12 bits per heavy atom. The summed E-state index contributed by atoms with van der Waals surface area (Å²) in [6.07, 6.45) is 11.6. The maximum absolute atomic E-state index is 12.2. The van der Waals surface area contributed by atoms with Gasteiger partial charge in [0.25, 0.3) is 0 Å². The first kappa shape index (κ1) is 17.0. The third kappa shape index (κ3) is 2.38. The maximum atomic E-state index is 12.2. The smallest absolute Gasteiger partial charge is 0.0908 e. The van der Waals surface area contributed by atoms with Crippen molar-refractivity contribution in [3.05, 3.63) is 46.5 Å². The van der Waals surface area contributed by atoms with Crippen molar-refractivity contribution in [1.29, 1.82) is 0 Å². The van der Waals surface area contributed by atoms with E-state index in [1.165, 1.54) is 36.1 Å². The highest BCUT2D eigenvalue weighted by molar-refractivity contribution is 5.48. The molecule has 26 heavy (non-hydrogen) atoms. The van der Waals surface area contributed by atoms with Crippen molar-refractivity contribution in [3.8, 4) is 0 Å². The van der Waals surface area contributed by atoms with Crippen LogP contribution in [0.5, 0.6) is 0 Å². The molecular formula is C24H33NO. The summed E-state index contributed by atoms with van der Waals surface area (Å²) in [5.74, 6) is 0.893. The molecule has 0 aromatic heterocycles. The van der Waals surface area contributed by atoms with Gasteiger partial charge in [-0.25, -0.2) is 0 Å². The van der Waals surface area contributed by atoms with Crippen molar-refractivity contribution in [2.45, 2.75) is 82.3 Å². The summed E-state index contributed by atoms with van der Waals surface area (Å²) in [5.41, 5.74) is 5.29. The second kappa shape index (κ2) is 5.94. The molecule has 1 N–H and O–H groups in total. The molecule has 1 heterocycles. The van der Waals surface area contributed by atoms with Gasteiger partial charge in [0, 0.05) is 18.0 Å². The van der Waals surface area contributed by atoms with Gasteiger partial charge in [-0.15, -0.1) is 0 Å². The van der Waals surface area contributed by atoms with E-state index in [1.54, 1.807) is 5.57 Å². The monoisotopic (exact) mass is 351 g/mol. The molecule has 0 spiro atoms. The Balaban J connectivity index is 1.63. The number of aryl methyl sites for hydroxylation is 1. The molecule has 3 fully saturated rings. The minimum absolute atomic E-state index is 0.0590. The van der Waals surface area contributed by atoms with Gasteiger partial charge in [0.1, 0.15) is 0 Å². The number of rotatable bonds is 3. The van der Waals surface area contributed by atoms with E-state index in [2.05, 4.69) is 43.0 Å². The Hall–Kier alpha value is -1.12. The van der Waals surface area contributed by atoms with Crippen molar-refractivity contribution in [1.82, 2.24) is 4.90 Å². The summed E-state index contributed by atoms with van der Waals surface area (Å²) >= 11 is 0. The van der Waals surface area contributed by atoms with Crippen LogP contribution in [0.25, 0.3) is 0 Å². The standard InChI is InChI=1S/C24H33NO/c1-3-4-18-9-10-24(26)22-14-20-8-5-17(2)13-21(20)23(24,15-18)11-12-25(22)16-19-6-7-19/h4-5,8,13,19,22,26H,3,6-7,9-12,14-16H2,1-2H3/b18-4-/t22-,23-,24-/m1/s1. The Bertz CT molecular complexity index is 749. The van der Waals surface area contributed by atoms with E-state index < -0.39 is 5.60 Å². The van der Waals surface area contributed by atoms with Crippen LogP contribution in [0, 0.1) is 12.8 Å². The third-order valence-corrected chi connectivity index (χ3v) is 7.88. The molecule has 2 saturated carbocycles. The molecule has 2 bridgehead atoms. The van der Waals surface area contributed by atoms with Gasteiger partial charge in [0.15, 0.2) is 0 Å². The highest BCUT2D eigenvalue weighted by Crippen LogP contribution is 2.59. The van der Waals surface area contributed by atoms with Gasteiger partial charge in [-0.2, -0.15) is 0 Å². The normalized spacial score (nSPS) is 38.1. The Kier molecular flexibility index (Phi) is 3.89. The van der Waals surface area contributed by atoms with Crippen LogP contribution in [-0.2, 0) is 11.8 Å². The van der Waals surface area contributed by atoms with Gasteiger partial charge in [-0.3, -0.25) is 4.90 Å². The van der Waals surface area contributed by atoms with Crippen LogP contribution >= 0.6 is 0 Å². The molecule has 140 valence electrons. The molecule has 2 heteroatoms. The number of fused-ring (bicyclic) bond motifs is 1. The predicted molar refractivity (Wildman–Crippen MR) is 106 cm³/mol. The average Bonchev–Trinajstić information content (AvgIpc) is 3.43. The van der Waals surface area contributed by atoms with E-state index in [9.17, 15) is 5.11 Å². The molecule has 1 aromatic carbocycles. The first-order valence-corrected chi connectivity index (χ1v) is 10.8. The quantitative estimate of drug-likeness (QED) is 0.809. The summed E-state index contributed by atoms with van der Waals surface area (Å²) in [5, 5.41) is 12.2. The van der Waals surface area contributed by atoms with E-state index in [0.717, 1.165) is 51.0 Å². The van der Waals surface area contributed by atoms with Crippen molar-refractivity contribution in [2.24, 2.45) is 5.92 Å². The number of hydrogen-bond donors (Lipinski definition) is 1. The zero-order valence-electron chi connectivity index (χ0n) is 16.4. The highest BCUT2D eigenvalue weighted by atomic mass is 16.3. The van der Waals surface area contributed by atoms with E-state index in [1.807, 2.05) is 0 Å². The van der Waals surface area contributed by atoms with E-state index in [4.69, 9.17) is 0 Å². The third-order valence-electron chi connectivity index (χ3n) is 7.88. The van der Waals surface area contributed by atoms with E-state index in [-0.39, 0.29) is 5.41 Å². The molecular weight excluding hydrogens is 318 g/mol. The molecule has 4 aliphatic rings. The van der Waals surface area contributed by atoms with Gasteiger partial charge < -0.3 is 5.11 Å². The van der Waals surface area contributed by atoms with Crippen molar-refractivity contribution < 1.29 is 5.11 Å². The summed E-state index contributed by atoms with van der Waals surface area (Å²) in [6, 6.07) is 7.35. The zero-order valence-corrected chi connectivity index (χ0v) is 16.4. The highest BCUT2D eigenvalue weighted by Gasteiger charge is 2.63. The van der Waals surface area contributed by atoms with Gasteiger partial charge in [-0.05, 0) is 81.9 Å². The molecule has 2 nitrogen and oxygen atoms in total. The second-order valence-electron chi connectivity index (χ2n) is 9.52. The molecule has 3 aliphatic carbocycles. The van der Waals surface area contributed by atoms with Crippen LogP contribution in [0.2, 0.25) is 0 Å². The lowest BCUT2D eigenvalue weighted by atomic mass is 9.48. The molecule has 1 aliphatic heterocycles. The van der Waals surface area contributed by atoms with Crippen LogP contribution in [0.3, 0.4) is 0 Å². The number of benzene rings is 1. The molecule has 1 aromatic rings. The number of hydrogen-bond acceptors (Lipinski definition) is 2. The summed E-state index contributed by atoms with van der Waals surface area (Å²) in [4.78, 5) is 2.67. The minimum atomic E-state index is -0.550. The first-order valence-electron chi connectivity index (χ1n) is 10.8. The zero-order chi connectivity index (χ0) is 17.9. The SMILES string of the molecule is CC/C=C1/CC[C@@]2(O)[C@H]3Cc4ccc(C)cc4[C@@]2(CCN3CC2CC2)C1. The largest absolute Gasteiger partial charge is 0.387 e. The number of piperidine rings is 1. The van der Waals surface area contributed by atoms with Crippen LogP contribution in [0.15, 0.2) is 29.8 Å². The van der Waals surface area contributed by atoms with Gasteiger partial charge in [0.2, 0.25) is 0 Å². The molecule has 5 rings (SSSR count). The first-order chi connectivity index (χ1) is 12.6. The number of aliphatic hydroxyl groups is 1. The summed E-state index contributed by atoms with van der Waals surface area (Å²) < 4.78 is 0. The fourth-order valence-electron chi connectivity index (χ4n) is 6.40. The van der Waals surface area contributed by atoms with Gasteiger partial charge in [-0.1, -0.05) is 42.3 Å². The van der Waals surface area contributed by atoms with Crippen molar-refractivity contribution in [3.63, 3.8) is 0 Å². The number of likely N-dealkylation sites (tertiary alicyclic amines) is 1. The fraction of sp³-hybridized carbons (Fsp3) is 0.667. The lowest BCUT2D eigenvalue weighted by Crippen LogP contribution is -2.72. The lowest BCUT2D eigenvalue weighted by molar-refractivity contribution is -0.159. The Morgan fingerprint density at radius 3 is 2.88 bits per heavy atom. The van der Waals surface area contributed by atoms with Crippen LogP contribution < -0.4 is 0 Å². The molecule has 3 atom stereocenters. The average molecular weight is 352 g/mol. The molecule has 1 saturated heterocycles. The summed E-state index contributed by atoms with van der Waals surface area (Å²) in [7, 11) is 0. The number of allylic oxidation sites excluding steroid dienone is 2. The van der Waals surface area contributed by atoms with Gasteiger partial charge in [0.05, 0.1) is 5.60 Å². The second-order valence-corrected chi connectivity index (χ2v) is 9.52. The van der Waals surface area contributed by atoms with Crippen molar-refractivity contribution >= 4 is 0 Å². The summed E-state index contributed by atoms with van der Waals surface area (Å²) in [6.45, 7) is 6.82. The van der Waals surface area contributed by atoms with E-state index >= 15 is 0 Å². The van der Waals surface area contributed by atoms with Crippen molar-refractivity contribution in [2.75, 3.05) is 13.1 Å². The van der Waals surface area contributed by atoms with E-state index in [0.29, 0.717) is 6.04 Å². The topological polar surface area (TPSA) is 23.5 Å². The molecule has 0 amide bonds. The number of nitrogens with zero attached hydrogens (tertiary/aromatic N) is 1. The van der Waals surface area contributed by atoms with Crippen LogP contribution in [0.4, 0.5) is 0 Å². The Morgan fingerprint density at radius 1 is 1.27 bits per heavy atom. The predicted octanol–water partition coefficient (Wildman–Crippen LogP) is 4.52. The van der Waals surface area contributed by atoms with Gasteiger partial charge >= 0.3 is 0 Å². The lowest BCUT2D eigenvalue weighted by Gasteiger charge is -2.64. The van der Waals surface area contributed by atoms with Crippen LogP contribution in [0.1, 0.15) is 68.6 Å². The maximum Gasteiger partial charge on any atom is 0.0908 e. The van der Waals surface area contributed by atoms with Crippen LogP contribution in [-0.4, -0.2) is 34.7 Å². The molecule has 0 radical (unpaired) electrons.